The number of carbonyl (C=O) groups is 1. The normalized spacial score (nSPS) is 19.1. The molecule has 0 saturated heterocycles. The van der Waals surface area contributed by atoms with Crippen LogP contribution in [0, 0.1) is 17.6 Å². The fourth-order valence-electron chi connectivity index (χ4n) is 4.09. The van der Waals surface area contributed by atoms with Crippen LogP contribution in [0.15, 0.2) is 53.7 Å². The van der Waals surface area contributed by atoms with Gasteiger partial charge in [-0.2, -0.15) is 0 Å². The zero-order chi connectivity index (χ0) is 20.2. The lowest BCUT2D eigenvalue weighted by Crippen LogP contribution is -2.40. The van der Waals surface area contributed by atoms with E-state index >= 15 is 0 Å². The lowest BCUT2D eigenvalue weighted by molar-refractivity contribution is -0.137. The highest BCUT2D eigenvalue weighted by Crippen LogP contribution is 2.28. The van der Waals surface area contributed by atoms with Crippen LogP contribution >= 0.6 is 0 Å². The number of hydrogen-bond acceptors (Lipinski definition) is 3. The molecule has 1 aliphatic carbocycles. The van der Waals surface area contributed by atoms with E-state index in [1.54, 1.807) is 4.90 Å². The number of halogens is 2. The molecule has 1 amide bonds. The Morgan fingerprint density at radius 2 is 1.86 bits per heavy atom. The standard InChI is InChI=1S/C23H24F2N2O2/c24-19-11-10-18(21(25)12-19)14-27(23(28)17-8-4-5-9-17)15-20-13-22(26-29-20)16-6-2-1-3-7-16/h1-3,6-7,10-12,17,20H,4-5,8-9,13-15H2/t20-/m1/s1. The minimum atomic E-state index is -0.636. The summed E-state index contributed by atoms with van der Waals surface area (Å²) >= 11 is 0. The average Bonchev–Trinajstić information content (AvgIpc) is 3.42. The van der Waals surface area contributed by atoms with Crippen molar-refractivity contribution in [2.75, 3.05) is 6.54 Å². The minimum Gasteiger partial charge on any atom is -0.390 e. The second-order valence-electron chi connectivity index (χ2n) is 7.77. The minimum absolute atomic E-state index is 0.0167. The molecule has 1 heterocycles. The molecule has 152 valence electrons. The van der Waals surface area contributed by atoms with Gasteiger partial charge in [-0.05, 0) is 24.5 Å². The summed E-state index contributed by atoms with van der Waals surface area (Å²) < 4.78 is 27.5. The predicted molar refractivity (Wildman–Crippen MR) is 106 cm³/mol. The van der Waals surface area contributed by atoms with Gasteiger partial charge in [-0.25, -0.2) is 8.78 Å². The van der Waals surface area contributed by atoms with Gasteiger partial charge in [-0.3, -0.25) is 4.79 Å². The third kappa shape index (κ3) is 4.63. The number of carbonyl (C=O) groups excluding carboxylic acids is 1. The highest BCUT2D eigenvalue weighted by atomic mass is 19.1. The molecular weight excluding hydrogens is 374 g/mol. The van der Waals surface area contributed by atoms with Gasteiger partial charge in [0.05, 0.1) is 12.3 Å². The van der Waals surface area contributed by atoms with Crippen molar-refractivity contribution in [3.8, 4) is 0 Å². The van der Waals surface area contributed by atoms with Crippen LogP contribution in [0.3, 0.4) is 0 Å². The molecule has 1 aliphatic heterocycles. The Balaban J connectivity index is 1.47. The van der Waals surface area contributed by atoms with Gasteiger partial charge >= 0.3 is 0 Å². The molecule has 0 unspecified atom stereocenters. The number of oxime groups is 1. The van der Waals surface area contributed by atoms with Crippen LogP contribution in [0.4, 0.5) is 8.78 Å². The molecule has 0 aromatic heterocycles. The first-order valence-corrected chi connectivity index (χ1v) is 10.1. The highest BCUT2D eigenvalue weighted by molar-refractivity contribution is 6.01. The zero-order valence-corrected chi connectivity index (χ0v) is 16.2. The highest BCUT2D eigenvalue weighted by Gasteiger charge is 2.32. The lowest BCUT2D eigenvalue weighted by Gasteiger charge is -2.27. The summed E-state index contributed by atoms with van der Waals surface area (Å²) in [5.74, 6) is -1.28. The summed E-state index contributed by atoms with van der Waals surface area (Å²) in [6.07, 6.45) is 4.10. The first-order valence-electron chi connectivity index (χ1n) is 10.1. The molecule has 2 aromatic carbocycles. The predicted octanol–water partition coefficient (Wildman–Crippen LogP) is 4.68. The Labute approximate surface area is 169 Å². The van der Waals surface area contributed by atoms with Crippen LogP contribution < -0.4 is 0 Å². The fraction of sp³-hybridized carbons (Fsp3) is 0.391. The van der Waals surface area contributed by atoms with Crippen molar-refractivity contribution in [1.29, 1.82) is 0 Å². The van der Waals surface area contributed by atoms with Crippen molar-refractivity contribution in [1.82, 2.24) is 4.90 Å². The van der Waals surface area contributed by atoms with Crippen molar-refractivity contribution in [3.05, 3.63) is 71.3 Å². The summed E-state index contributed by atoms with van der Waals surface area (Å²) in [4.78, 5) is 20.3. The van der Waals surface area contributed by atoms with E-state index in [1.165, 1.54) is 12.1 Å². The van der Waals surface area contributed by atoms with Crippen molar-refractivity contribution in [3.63, 3.8) is 0 Å². The molecule has 2 aliphatic rings. The van der Waals surface area contributed by atoms with Gasteiger partial charge in [0.25, 0.3) is 0 Å². The number of hydrogen-bond donors (Lipinski definition) is 0. The molecule has 29 heavy (non-hydrogen) atoms. The number of nitrogens with zero attached hydrogens (tertiary/aromatic N) is 2. The maximum absolute atomic E-state index is 14.2. The number of amides is 1. The second-order valence-corrected chi connectivity index (χ2v) is 7.77. The second kappa shape index (κ2) is 8.72. The molecule has 1 atom stereocenters. The van der Waals surface area contributed by atoms with Crippen LogP contribution in [0.1, 0.15) is 43.2 Å². The Kier molecular flexibility index (Phi) is 5.88. The summed E-state index contributed by atoms with van der Waals surface area (Å²) in [5, 5.41) is 4.19. The largest absolute Gasteiger partial charge is 0.390 e. The maximum atomic E-state index is 14.2. The summed E-state index contributed by atoms with van der Waals surface area (Å²) in [5.41, 5.74) is 2.14. The molecule has 1 fully saturated rings. The molecule has 0 bridgehead atoms. The SMILES string of the molecule is O=C(C1CCCC1)N(Cc1ccc(F)cc1F)C[C@H]1CC(c2ccccc2)=NO1. The zero-order valence-electron chi connectivity index (χ0n) is 16.2. The summed E-state index contributed by atoms with van der Waals surface area (Å²) in [6.45, 7) is 0.425. The molecule has 0 radical (unpaired) electrons. The Hall–Kier alpha value is -2.76. The first kappa shape index (κ1) is 19.6. The van der Waals surface area contributed by atoms with E-state index < -0.39 is 11.6 Å². The van der Waals surface area contributed by atoms with Crippen LogP contribution in [0.25, 0.3) is 0 Å². The molecule has 1 saturated carbocycles. The van der Waals surface area contributed by atoms with E-state index in [1.807, 2.05) is 30.3 Å². The molecule has 0 N–H and O–H groups in total. The topological polar surface area (TPSA) is 41.9 Å². The molecule has 4 nitrogen and oxygen atoms in total. The van der Waals surface area contributed by atoms with Gasteiger partial charge in [-0.1, -0.05) is 54.4 Å². The van der Waals surface area contributed by atoms with Crippen molar-refractivity contribution >= 4 is 11.6 Å². The molecule has 0 spiro atoms. The van der Waals surface area contributed by atoms with Crippen molar-refractivity contribution in [2.24, 2.45) is 11.1 Å². The van der Waals surface area contributed by atoms with E-state index in [2.05, 4.69) is 5.16 Å². The summed E-state index contributed by atoms with van der Waals surface area (Å²) in [7, 11) is 0. The number of rotatable bonds is 6. The van der Waals surface area contributed by atoms with E-state index in [4.69, 9.17) is 4.84 Å². The van der Waals surface area contributed by atoms with Crippen LogP contribution in [0.5, 0.6) is 0 Å². The lowest BCUT2D eigenvalue weighted by atomic mass is 10.0. The van der Waals surface area contributed by atoms with Gasteiger partial charge in [-0.15, -0.1) is 0 Å². The van der Waals surface area contributed by atoms with E-state index in [-0.39, 0.29) is 24.5 Å². The van der Waals surface area contributed by atoms with Crippen LogP contribution in [0.2, 0.25) is 0 Å². The Bertz CT molecular complexity index is 895. The van der Waals surface area contributed by atoms with Crippen molar-refractivity contribution in [2.45, 2.75) is 44.8 Å². The quantitative estimate of drug-likeness (QED) is 0.709. The van der Waals surface area contributed by atoms with Gasteiger partial charge < -0.3 is 9.74 Å². The van der Waals surface area contributed by atoms with Crippen LogP contribution in [-0.2, 0) is 16.2 Å². The Morgan fingerprint density at radius 1 is 1.10 bits per heavy atom. The van der Waals surface area contributed by atoms with Gasteiger partial charge in [0, 0.05) is 30.5 Å². The van der Waals surface area contributed by atoms with Crippen molar-refractivity contribution < 1.29 is 18.4 Å². The monoisotopic (exact) mass is 398 g/mol. The molecule has 6 heteroatoms. The first-order chi connectivity index (χ1) is 14.1. The van der Waals surface area contributed by atoms with Gasteiger partial charge in [0.15, 0.2) is 6.10 Å². The van der Waals surface area contributed by atoms with E-state index in [0.29, 0.717) is 18.5 Å². The average molecular weight is 398 g/mol. The van der Waals surface area contributed by atoms with Gasteiger partial charge in [0.2, 0.25) is 5.91 Å². The Morgan fingerprint density at radius 3 is 2.59 bits per heavy atom. The summed E-state index contributed by atoms with van der Waals surface area (Å²) in [6, 6.07) is 13.3. The third-order valence-electron chi connectivity index (χ3n) is 5.66. The molecule has 4 rings (SSSR count). The van der Waals surface area contributed by atoms with E-state index in [0.717, 1.165) is 43.0 Å². The fourth-order valence-corrected chi connectivity index (χ4v) is 4.09. The molecular formula is C23H24F2N2O2. The van der Waals surface area contributed by atoms with Crippen LogP contribution in [-0.4, -0.2) is 29.2 Å². The van der Waals surface area contributed by atoms with E-state index in [9.17, 15) is 13.6 Å². The van der Waals surface area contributed by atoms with Gasteiger partial charge in [0.1, 0.15) is 11.6 Å². The molecule has 2 aromatic rings. The maximum Gasteiger partial charge on any atom is 0.226 e. The third-order valence-corrected chi connectivity index (χ3v) is 5.66. The number of benzene rings is 2. The smallest absolute Gasteiger partial charge is 0.226 e.